The van der Waals surface area contributed by atoms with Crippen molar-refractivity contribution >= 4 is 17.6 Å². The lowest BCUT2D eigenvalue weighted by Gasteiger charge is -2.09. The lowest BCUT2D eigenvalue weighted by molar-refractivity contribution is -0.144. The van der Waals surface area contributed by atoms with Gasteiger partial charge in [-0.2, -0.15) is 0 Å². The number of aromatic nitrogens is 3. The third-order valence-corrected chi connectivity index (χ3v) is 1.76. The molecule has 1 rings (SSSR count). The minimum absolute atomic E-state index is 0.174. The maximum atomic E-state index is 11.0. The number of hydrogen-bond acceptors (Lipinski definition) is 4. The smallest absolute Gasteiger partial charge is 0.328 e. The molecule has 0 spiro atoms. The van der Waals surface area contributed by atoms with Crippen LogP contribution in [0, 0.1) is 0 Å². The summed E-state index contributed by atoms with van der Waals surface area (Å²) in [6.45, 7) is 1.65. The van der Waals surface area contributed by atoms with E-state index in [0.717, 1.165) is 0 Å². The molecule has 0 aliphatic rings. The average molecular weight is 190 g/mol. The van der Waals surface area contributed by atoms with Gasteiger partial charge in [0.25, 0.3) is 0 Å². The van der Waals surface area contributed by atoms with Crippen LogP contribution < -0.4 is 0 Å². The van der Waals surface area contributed by atoms with Crippen molar-refractivity contribution in [1.82, 2.24) is 14.8 Å². The zero-order valence-corrected chi connectivity index (χ0v) is 7.45. The largest absolute Gasteiger partial charge is 0.467 e. The molecule has 0 aromatic carbocycles. The molecule has 66 valence electrons. The van der Waals surface area contributed by atoms with Gasteiger partial charge in [0.05, 0.1) is 7.11 Å². The minimum atomic E-state index is -0.488. The van der Waals surface area contributed by atoms with E-state index in [4.69, 9.17) is 11.6 Å². The van der Waals surface area contributed by atoms with Gasteiger partial charge in [-0.1, -0.05) is 0 Å². The number of rotatable bonds is 2. The van der Waals surface area contributed by atoms with Gasteiger partial charge < -0.3 is 4.74 Å². The molecular formula is C6H8ClN3O2. The summed E-state index contributed by atoms with van der Waals surface area (Å²) in [5.74, 6) is -0.378. The summed E-state index contributed by atoms with van der Waals surface area (Å²) < 4.78 is 5.94. The zero-order chi connectivity index (χ0) is 9.14. The molecule has 12 heavy (non-hydrogen) atoms. The Bertz CT molecular complexity index is 286. The number of carbonyl (C=O) groups is 1. The fraction of sp³-hybridized carbons (Fsp3) is 0.500. The molecule has 1 aromatic heterocycles. The molecule has 0 saturated heterocycles. The summed E-state index contributed by atoms with van der Waals surface area (Å²) in [5, 5.41) is 7.23. The summed E-state index contributed by atoms with van der Waals surface area (Å²) in [6.07, 6.45) is 1.38. The monoisotopic (exact) mass is 189 g/mol. The topological polar surface area (TPSA) is 57.0 Å². The highest BCUT2D eigenvalue weighted by Gasteiger charge is 2.17. The summed E-state index contributed by atoms with van der Waals surface area (Å²) in [5.41, 5.74) is 0. The molecule has 0 N–H and O–H groups in total. The molecule has 0 saturated carbocycles. The van der Waals surface area contributed by atoms with E-state index in [2.05, 4.69) is 14.9 Å². The summed E-state index contributed by atoms with van der Waals surface area (Å²) >= 11 is 5.62. The highest BCUT2D eigenvalue weighted by molar-refractivity contribution is 6.28. The molecule has 1 atom stereocenters. The molecule has 0 fully saturated rings. The van der Waals surface area contributed by atoms with Crippen LogP contribution in [-0.4, -0.2) is 27.8 Å². The first-order chi connectivity index (χ1) is 5.66. The molecule has 0 aliphatic carbocycles. The fourth-order valence-electron chi connectivity index (χ4n) is 0.772. The van der Waals surface area contributed by atoms with E-state index in [9.17, 15) is 4.79 Å². The van der Waals surface area contributed by atoms with Crippen LogP contribution in [-0.2, 0) is 9.53 Å². The Morgan fingerprint density at radius 3 is 2.92 bits per heavy atom. The lowest BCUT2D eigenvalue weighted by atomic mass is 10.3. The van der Waals surface area contributed by atoms with E-state index in [1.807, 2.05) is 0 Å². The number of nitrogens with zero attached hydrogens (tertiary/aromatic N) is 3. The van der Waals surface area contributed by atoms with Gasteiger partial charge in [-0.25, -0.2) is 4.79 Å². The van der Waals surface area contributed by atoms with Crippen LogP contribution in [0.5, 0.6) is 0 Å². The molecule has 1 unspecified atom stereocenters. The van der Waals surface area contributed by atoms with Gasteiger partial charge in [-0.3, -0.25) is 4.57 Å². The normalized spacial score (nSPS) is 12.6. The third-order valence-electron chi connectivity index (χ3n) is 1.49. The molecule has 0 amide bonds. The van der Waals surface area contributed by atoms with Crippen LogP contribution in [0.1, 0.15) is 13.0 Å². The molecule has 1 aromatic rings. The van der Waals surface area contributed by atoms with Crippen molar-refractivity contribution in [1.29, 1.82) is 0 Å². The van der Waals surface area contributed by atoms with E-state index in [0.29, 0.717) is 0 Å². The summed E-state index contributed by atoms with van der Waals surface area (Å²) in [4.78, 5) is 11.0. The second-order valence-electron chi connectivity index (χ2n) is 2.21. The van der Waals surface area contributed by atoms with Crippen molar-refractivity contribution in [2.45, 2.75) is 13.0 Å². The van der Waals surface area contributed by atoms with Crippen molar-refractivity contribution in [2.24, 2.45) is 0 Å². The third kappa shape index (κ3) is 1.55. The van der Waals surface area contributed by atoms with Crippen LogP contribution in [0.4, 0.5) is 0 Å². The van der Waals surface area contributed by atoms with E-state index in [1.165, 1.54) is 18.0 Å². The maximum absolute atomic E-state index is 11.0. The lowest BCUT2D eigenvalue weighted by Crippen LogP contribution is -2.17. The van der Waals surface area contributed by atoms with Crippen molar-refractivity contribution in [3.8, 4) is 0 Å². The van der Waals surface area contributed by atoms with Gasteiger partial charge in [0.2, 0.25) is 5.28 Å². The highest BCUT2D eigenvalue weighted by Crippen LogP contribution is 2.12. The van der Waals surface area contributed by atoms with E-state index >= 15 is 0 Å². The van der Waals surface area contributed by atoms with E-state index in [-0.39, 0.29) is 11.3 Å². The standard InChI is InChI=1S/C6H8ClN3O2/c1-4(5(11)12-2)10-3-8-9-6(10)7/h3-4H,1-2H3. The summed E-state index contributed by atoms with van der Waals surface area (Å²) in [7, 11) is 1.32. The van der Waals surface area contributed by atoms with Crippen LogP contribution in [0.25, 0.3) is 0 Å². The van der Waals surface area contributed by atoms with Crippen molar-refractivity contribution in [2.75, 3.05) is 7.11 Å². The SMILES string of the molecule is COC(=O)C(C)n1cnnc1Cl. The Balaban J connectivity index is 2.84. The number of hydrogen-bond donors (Lipinski definition) is 0. The Labute approximate surface area is 74.3 Å². The van der Waals surface area contributed by atoms with Crippen LogP contribution in [0.2, 0.25) is 5.28 Å². The van der Waals surface area contributed by atoms with Crippen molar-refractivity contribution in [3.05, 3.63) is 11.6 Å². The van der Waals surface area contributed by atoms with Gasteiger partial charge in [0, 0.05) is 0 Å². The number of carbonyl (C=O) groups excluding carboxylic acids is 1. The first kappa shape index (κ1) is 8.99. The molecule has 0 radical (unpaired) electrons. The molecule has 5 nitrogen and oxygen atoms in total. The van der Waals surface area contributed by atoms with Crippen LogP contribution >= 0.6 is 11.6 Å². The van der Waals surface area contributed by atoms with E-state index in [1.54, 1.807) is 6.92 Å². The van der Waals surface area contributed by atoms with Crippen molar-refractivity contribution in [3.63, 3.8) is 0 Å². The van der Waals surface area contributed by atoms with Gasteiger partial charge in [-0.05, 0) is 18.5 Å². The molecule has 1 heterocycles. The minimum Gasteiger partial charge on any atom is -0.467 e. The Kier molecular flexibility index (Phi) is 2.65. The van der Waals surface area contributed by atoms with Gasteiger partial charge >= 0.3 is 5.97 Å². The van der Waals surface area contributed by atoms with Crippen LogP contribution in [0.15, 0.2) is 6.33 Å². The quantitative estimate of drug-likeness (QED) is 0.642. The Morgan fingerprint density at radius 1 is 1.83 bits per heavy atom. The predicted molar refractivity (Wildman–Crippen MR) is 41.8 cm³/mol. The molecular weight excluding hydrogens is 182 g/mol. The number of ether oxygens (including phenoxy) is 1. The first-order valence-electron chi connectivity index (χ1n) is 3.29. The molecule has 0 aliphatic heterocycles. The van der Waals surface area contributed by atoms with Crippen LogP contribution in [0.3, 0.4) is 0 Å². The number of halogens is 1. The number of methoxy groups -OCH3 is 1. The van der Waals surface area contributed by atoms with Crippen molar-refractivity contribution < 1.29 is 9.53 Å². The second kappa shape index (κ2) is 3.53. The highest BCUT2D eigenvalue weighted by atomic mass is 35.5. The van der Waals surface area contributed by atoms with Gasteiger partial charge in [-0.15, -0.1) is 10.2 Å². The second-order valence-corrected chi connectivity index (χ2v) is 2.54. The predicted octanol–water partition coefficient (Wildman–Crippen LogP) is 0.665. The molecule has 6 heteroatoms. The molecule has 0 bridgehead atoms. The van der Waals surface area contributed by atoms with Gasteiger partial charge in [0.15, 0.2) is 0 Å². The zero-order valence-electron chi connectivity index (χ0n) is 6.69. The Morgan fingerprint density at radius 2 is 2.50 bits per heavy atom. The fourth-order valence-corrected chi connectivity index (χ4v) is 1.01. The first-order valence-corrected chi connectivity index (χ1v) is 3.67. The van der Waals surface area contributed by atoms with E-state index < -0.39 is 6.04 Å². The Hall–Kier alpha value is -1.10. The number of esters is 1. The summed E-state index contributed by atoms with van der Waals surface area (Å²) in [6, 6.07) is -0.488. The maximum Gasteiger partial charge on any atom is 0.328 e. The average Bonchev–Trinajstić information content (AvgIpc) is 2.48. The van der Waals surface area contributed by atoms with Gasteiger partial charge in [0.1, 0.15) is 12.4 Å².